The summed E-state index contributed by atoms with van der Waals surface area (Å²) in [4.78, 5) is 18.0. The molecule has 1 aliphatic heterocycles. The molecule has 0 radical (unpaired) electrons. The molecular weight excluding hydrogens is 462 g/mol. The average molecular weight is 483 g/mol. The van der Waals surface area contributed by atoms with Crippen molar-refractivity contribution in [3.8, 4) is 0 Å². The molecule has 0 aliphatic carbocycles. The number of fused-ring (bicyclic) bond motifs is 2. The fraction of sp³-hybridized carbons (Fsp3) is 0.200. The third kappa shape index (κ3) is 3.81. The first-order valence-corrected chi connectivity index (χ1v) is 13.2. The Hall–Kier alpha value is -2.39. The number of hydrogen-bond donors (Lipinski definition) is 0. The number of nitrogens with zero attached hydrogens (tertiary/aromatic N) is 2. The molecule has 2 heterocycles. The zero-order valence-electron chi connectivity index (χ0n) is 17.2. The molecule has 0 bridgehead atoms. The van der Waals surface area contributed by atoms with E-state index in [1.165, 1.54) is 0 Å². The van der Waals surface area contributed by atoms with Crippen molar-refractivity contribution in [2.45, 2.75) is 25.3 Å². The highest BCUT2D eigenvalue weighted by Crippen LogP contribution is 2.49. The van der Waals surface area contributed by atoms with Crippen LogP contribution in [0, 0.1) is 0 Å². The van der Waals surface area contributed by atoms with Crippen LogP contribution in [0.3, 0.4) is 0 Å². The Bertz CT molecular complexity index is 1350. The van der Waals surface area contributed by atoms with E-state index in [0.29, 0.717) is 33.7 Å². The molecule has 1 unspecified atom stereocenters. The van der Waals surface area contributed by atoms with Crippen LogP contribution in [-0.4, -0.2) is 15.7 Å². The van der Waals surface area contributed by atoms with Crippen molar-refractivity contribution in [3.05, 3.63) is 99.0 Å². The molecule has 0 fully saturated rings. The van der Waals surface area contributed by atoms with Gasteiger partial charge in [0.25, 0.3) is 5.56 Å². The van der Waals surface area contributed by atoms with Crippen LogP contribution in [0.25, 0.3) is 10.9 Å². The second-order valence-electron chi connectivity index (χ2n) is 8.16. The minimum atomic E-state index is -3.04. The highest BCUT2D eigenvalue weighted by atomic mass is 35.5. The molecule has 1 atom stereocenters. The van der Waals surface area contributed by atoms with E-state index in [1.807, 2.05) is 48.5 Å². The smallest absolute Gasteiger partial charge is 0.261 e. The zero-order valence-corrected chi connectivity index (χ0v) is 19.7. The molecule has 3 aromatic carbocycles. The summed E-state index contributed by atoms with van der Waals surface area (Å²) in [5.41, 5.74) is 0.659. The number of halogens is 2. The van der Waals surface area contributed by atoms with Crippen molar-refractivity contribution in [3.63, 3.8) is 0 Å². The Labute approximate surface area is 196 Å². The summed E-state index contributed by atoms with van der Waals surface area (Å²) in [5.74, 6) is 0.626. The molecule has 0 spiro atoms. The number of rotatable bonds is 4. The lowest BCUT2D eigenvalue weighted by atomic mass is 10.00. The fourth-order valence-corrected chi connectivity index (χ4v) is 7.74. The summed E-state index contributed by atoms with van der Waals surface area (Å²) in [6, 6.07) is 21.8. The third-order valence-corrected chi connectivity index (χ3v) is 9.88. The van der Waals surface area contributed by atoms with Gasteiger partial charge in [-0.3, -0.25) is 9.36 Å². The van der Waals surface area contributed by atoms with Crippen molar-refractivity contribution in [2.24, 2.45) is 0 Å². The summed E-state index contributed by atoms with van der Waals surface area (Å²) in [5, 5.41) is 3.29. The molecule has 0 saturated carbocycles. The quantitative estimate of drug-likeness (QED) is 0.356. The Morgan fingerprint density at radius 3 is 2.12 bits per heavy atom. The van der Waals surface area contributed by atoms with Gasteiger partial charge in [-0.15, -0.1) is 0 Å². The first-order chi connectivity index (χ1) is 15.5. The number of aromatic nitrogens is 2. The van der Waals surface area contributed by atoms with Crippen LogP contribution in [-0.2, 0) is 11.1 Å². The Kier molecular flexibility index (Phi) is 5.71. The van der Waals surface area contributed by atoms with Crippen LogP contribution >= 0.6 is 30.3 Å². The van der Waals surface area contributed by atoms with Gasteiger partial charge < -0.3 is 4.57 Å². The zero-order chi connectivity index (χ0) is 22.3. The highest BCUT2D eigenvalue weighted by molar-refractivity contribution is 7.78. The standard InChI is InChI=1S/C25H21Cl2N2O2P/c26-18-7-11-20(12-8-18)32(31,21-13-9-19(27)10-14-21)16-17-4-3-15-29-24(17)28-23-6-2-1-5-22(23)25(29)30/h1-2,5-14,17H,3-4,15-16H2. The maximum Gasteiger partial charge on any atom is 0.261 e. The van der Waals surface area contributed by atoms with Gasteiger partial charge in [-0.1, -0.05) is 35.3 Å². The molecule has 1 aromatic heterocycles. The van der Waals surface area contributed by atoms with Gasteiger partial charge in [-0.2, -0.15) is 0 Å². The monoisotopic (exact) mass is 482 g/mol. The lowest BCUT2D eigenvalue weighted by Gasteiger charge is -2.30. The summed E-state index contributed by atoms with van der Waals surface area (Å²) in [7, 11) is -3.04. The van der Waals surface area contributed by atoms with Crippen LogP contribution in [0.2, 0.25) is 10.0 Å². The van der Waals surface area contributed by atoms with Gasteiger partial charge in [0, 0.05) is 39.3 Å². The van der Waals surface area contributed by atoms with Crippen molar-refractivity contribution in [1.29, 1.82) is 0 Å². The van der Waals surface area contributed by atoms with E-state index in [1.54, 1.807) is 28.8 Å². The van der Waals surface area contributed by atoms with Crippen molar-refractivity contribution in [2.75, 3.05) is 6.16 Å². The predicted octanol–water partition coefficient (Wildman–Crippen LogP) is 5.59. The molecule has 1 aliphatic rings. The molecule has 4 aromatic rings. The average Bonchev–Trinajstić information content (AvgIpc) is 2.80. The SMILES string of the molecule is O=c1c2ccccc2nc2n1CCCC2CP(=O)(c1ccc(Cl)cc1)c1ccc(Cl)cc1. The van der Waals surface area contributed by atoms with Crippen LogP contribution in [0.5, 0.6) is 0 Å². The molecule has 4 nitrogen and oxygen atoms in total. The first-order valence-electron chi connectivity index (χ1n) is 10.6. The molecule has 7 heteroatoms. The molecular formula is C25H21Cl2N2O2P. The lowest BCUT2D eigenvalue weighted by Crippen LogP contribution is -2.33. The topological polar surface area (TPSA) is 52.0 Å². The molecule has 5 rings (SSSR count). The van der Waals surface area contributed by atoms with Gasteiger partial charge in [0.05, 0.1) is 10.9 Å². The molecule has 0 N–H and O–H groups in total. The van der Waals surface area contributed by atoms with E-state index in [2.05, 4.69) is 0 Å². The summed E-state index contributed by atoms with van der Waals surface area (Å²) in [6.07, 6.45) is 2.07. The minimum absolute atomic E-state index is 0.0249. The first kappa shape index (κ1) is 21.5. The van der Waals surface area contributed by atoms with Gasteiger partial charge in [0.15, 0.2) is 0 Å². The van der Waals surface area contributed by atoms with Gasteiger partial charge in [-0.25, -0.2) is 4.98 Å². The van der Waals surface area contributed by atoms with Crippen molar-refractivity contribution < 1.29 is 4.57 Å². The van der Waals surface area contributed by atoms with Crippen LogP contribution in [0.15, 0.2) is 77.6 Å². The summed E-state index contributed by atoms with van der Waals surface area (Å²) < 4.78 is 16.4. The normalized spacial score (nSPS) is 16.1. The van der Waals surface area contributed by atoms with E-state index in [4.69, 9.17) is 28.2 Å². The van der Waals surface area contributed by atoms with Crippen LogP contribution in [0.1, 0.15) is 24.6 Å². The molecule has 32 heavy (non-hydrogen) atoms. The van der Waals surface area contributed by atoms with Gasteiger partial charge in [0.2, 0.25) is 0 Å². The Morgan fingerprint density at radius 2 is 1.50 bits per heavy atom. The number of benzene rings is 3. The molecule has 0 amide bonds. The van der Waals surface area contributed by atoms with Crippen LogP contribution < -0.4 is 16.2 Å². The van der Waals surface area contributed by atoms with Gasteiger partial charge >= 0.3 is 0 Å². The third-order valence-electron chi connectivity index (χ3n) is 6.16. The van der Waals surface area contributed by atoms with E-state index in [-0.39, 0.29) is 11.5 Å². The lowest BCUT2D eigenvalue weighted by molar-refractivity contribution is 0.446. The molecule has 0 saturated heterocycles. The summed E-state index contributed by atoms with van der Waals surface area (Å²) in [6.45, 7) is 0.634. The van der Waals surface area contributed by atoms with Crippen LogP contribution in [0.4, 0.5) is 0 Å². The molecule has 162 valence electrons. The number of hydrogen-bond acceptors (Lipinski definition) is 3. The maximum absolute atomic E-state index is 14.7. The Morgan fingerprint density at radius 1 is 0.906 bits per heavy atom. The van der Waals surface area contributed by atoms with E-state index < -0.39 is 7.14 Å². The predicted molar refractivity (Wildman–Crippen MR) is 133 cm³/mol. The summed E-state index contributed by atoms with van der Waals surface area (Å²) >= 11 is 12.2. The van der Waals surface area contributed by atoms with Crippen molar-refractivity contribution in [1.82, 2.24) is 9.55 Å². The van der Waals surface area contributed by atoms with E-state index >= 15 is 0 Å². The highest BCUT2D eigenvalue weighted by Gasteiger charge is 2.35. The van der Waals surface area contributed by atoms with E-state index in [9.17, 15) is 9.36 Å². The van der Waals surface area contributed by atoms with Gasteiger partial charge in [0.1, 0.15) is 13.0 Å². The maximum atomic E-state index is 14.7. The second kappa shape index (κ2) is 8.51. The Balaban J connectivity index is 1.64. The van der Waals surface area contributed by atoms with E-state index in [0.717, 1.165) is 29.3 Å². The largest absolute Gasteiger partial charge is 0.314 e. The minimum Gasteiger partial charge on any atom is -0.314 e. The fourth-order valence-electron chi connectivity index (χ4n) is 4.54. The number of para-hydroxylation sites is 1. The second-order valence-corrected chi connectivity index (χ2v) is 11.9. The van der Waals surface area contributed by atoms with Gasteiger partial charge in [-0.05, 0) is 73.5 Å². The van der Waals surface area contributed by atoms with Crippen molar-refractivity contribution >= 4 is 51.9 Å².